The molecule has 0 radical (unpaired) electrons. The van der Waals surface area contributed by atoms with Crippen molar-refractivity contribution in [3.8, 4) is 0 Å². The van der Waals surface area contributed by atoms with Crippen LogP contribution in [0, 0.1) is 5.82 Å². The minimum absolute atomic E-state index is 0.0459. The van der Waals surface area contributed by atoms with Gasteiger partial charge in [0.25, 0.3) is 0 Å². The molecule has 1 aliphatic rings. The van der Waals surface area contributed by atoms with Crippen molar-refractivity contribution in [2.24, 2.45) is 0 Å². The highest BCUT2D eigenvalue weighted by Gasteiger charge is 2.15. The van der Waals surface area contributed by atoms with Crippen molar-refractivity contribution in [2.75, 3.05) is 18.0 Å². The van der Waals surface area contributed by atoms with Gasteiger partial charge in [0, 0.05) is 25.2 Å². The molecule has 0 unspecified atom stereocenters. The summed E-state index contributed by atoms with van der Waals surface area (Å²) >= 11 is 0. The van der Waals surface area contributed by atoms with Crippen LogP contribution in [0.25, 0.3) is 0 Å². The fourth-order valence-electron chi connectivity index (χ4n) is 2.44. The number of anilines is 1. The Balaban J connectivity index is 2.18. The van der Waals surface area contributed by atoms with E-state index < -0.39 is 5.97 Å². The fraction of sp³-hybridized carbons (Fsp3) is 0.500. The van der Waals surface area contributed by atoms with Gasteiger partial charge in [-0.05, 0) is 49.4 Å². The topological polar surface area (TPSA) is 40.5 Å². The van der Waals surface area contributed by atoms with Crippen LogP contribution in [0.5, 0.6) is 0 Å². The Hall–Kier alpha value is -1.58. The molecule has 4 heteroatoms. The van der Waals surface area contributed by atoms with Gasteiger partial charge in [0.1, 0.15) is 5.82 Å². The molecule has 0 bridgehead atoms. The van der Waals surface area contributed by atoms with Gasteiger partial charge in [-0.1, -0.05) is 0 Å². The van der Waals surface area contributed by atoms with Gasteiger partial charge in [0.15, 0.2) is 0 Å². The lowest BCUT2D eigenvalue weighted by Crippen LogP contribution is -2.30. The Bertz CT molecular complexity index is 428. The first-order valence-corrected chi connectivity index (χ1v) is 6.42. The molecule has 1 fully saturated rings. The van der Waals surface area contributed by atoms with E-state index in [2.05, 4.69) is 4.90 Å². The van der Waals surface area contributed by atoms with Crippen LogP contribution in [-0.2, 0) is 11.2 Å². The molecule has 0 aliphatic carbocycles. The molecule has 1 aliphatic heterocycles. The molecule has 0 spiro atoms. The lowest BCUT2D eigenvalue weighted by atomic mass is 10.0. The van der Waals surface area contributed by atoms with Gasteiger partial charge in [-0.2, -0.15) is 0 Å². The fourth-order valence-corrected chi connectivity index (χ4v) is 2.44. The quantitative estimate of drug-likeness (QED) is 0.894. The standard InChI is InChI=1S/C14H18FNO2/c15-12-5-6-13(16-8-2-1-3-9-16)11(10-12)4-7-14(17)18/h5-6,10H,1-4,7-9H2,(H,17,18). The summed E-state index contributed by atoms with van der Waals surface area (Å²) in [5, 5.41) is 8.74. The average molecular weight is 251 g/mol. The largest absolute Gasteiger partial charge is 0.481 e. The molecule has 0 aromatic heterocycles. The molecule has 1 aromatic rings. The smallest absolute Gasteiger partial charge is 0.303 e. The zero-order chi connectivity index (χ0) is 13.0. The van der Waals surface area contributed by atoms with Crippen LogP contribution in [0.3, 0.4) is 0 Å². The molecule has 98 valence electrons. The van der Waals surface area contributed by atoms with Gasteiger partial charge in [0.2, 0.25) is 0 Å². The number of hydrogen-bond donors (Lipinski definition) is 1. The normalized spacial score (nSPS) is 15.7. The van der Waals surface area contributed by atoms with Crippen molar-refractivity contribution < 1.29 is 14.3 Å². The lowest BCUT2D eigenvalue weighted by molar-refractivity contribution is -0.136. The Morgan fingerprint density at radius 1 is 1.28 bits per heavy atom. The summed E-state index contributed by atoms with van der Waals surface area (Å²) in [6.07, 6.45) is 3.97. The maximum absolute atomic E-state index is 13.3. The monoisotopic (exact) mass is 251 g/mol. The predicted molar refractivity (Wildman–Crippen MR) is 68.4 cm³/mol. The van der Waals surface area contributed by atoms with Crippen molar-refractivity contribution >= 4 is 11.7 Å². The molecule has 0 saturated carbocycles. The summed E-state index contributed by atoms with van der Waals surface area (Å²) < 4.78 is 13.3. The summed E-state index contributed by atoms with van der Waals surface area (Å²) in [4.78, 5) is 12.9. The highest BCUT2D eigenvalue weighted by molar-refractivity contribution is 5.68. The third-order valence-electron chi connectivity index (χ3n) is 3.35. The summed E-state index contributed by atoms with van der Waals surface area (Å²) in [6.45, 7) is 1.96. The second-order valence-electron chi connectivity index (χ2n) is 4.71. The van der Waals surface area contributed by atoms with Crippen molar-refractivity contribution in [3.63, 3.8) is 0 Å². The summed E-state index contributed by atoms with van der Waals surface area (Å²) in [5.74, 6) is -1.14. The number of benzene rings is 1. The number of rotatable bonds is 4. The van der Waals surface area contributed by atoms with E-state index in [1.807, 2.05) is 0 Å². The highest BCUT2D eigenvalue weighted by Crippen LogP contribution is 2.26. The number of halogens is 1. The Morgan fingerprint density at radius 3 is 2.67 bits per heavy atom. The molecule has 1 heterocycles. The van der Waals surface area contributed by atoms with E-state index >= 15 is 0 Å². The van der Waals surface area contributed by atoms with Crippen molar-refractivity contribution in [3.05, 3.63) is 29.6 Å². The molecule has 0 atom stereocenters. The van der Waals surface area contributed by atoms with Crippen LogP contribution < -0.4 is 4.90 Å². The first-order chi connectivity index (χ1) is 8.66. The van der Waals surface area contributed by atoms with Crippen LogP contribution in [-0.4, -0.2) is 24.2 Å². The van der Waals surface area contributed by atoms with Crippen molar-refractivity contribution in [1.82, 2.24) is 0 Å². The molecule has 2 rings (SSSR count). The second kappa shape index (κ2) is 5.85. The van der Waals surface area contributed by atoms with E-state index in [4.69, 9.17) is 5.11 Å². The molecule has 0 amide bonds. The van der Waals surface area contributed by atoms with E-state index in [0.29, 0.717) is 6.42 Å². The number of aliphatic carboxylic acids is 1. The lowest BCUT2D eigenvalue weighted by Gasteiger charge is -2.30. The summed E-state index contributed by atoms with van der Waals surface area (Å²) in [6, 6.07) is 4.69. The minimum atomic E-state index is -0.844. The molecule has 18 heavy (non-hydrogen) atoms. The number of hydrogen-bond acceptors (Lipinski definition) is 2. The molecule has 1 N–H and O–H groups in total. The van der Waals surface area contributed by atoms with Crippen LogP contribution in [0.1, 0.15) is 31.2 Å². The molecule has 1 aromatic carbocycles. The maximum atomic E-state index is 13.3. The third kappa shape index (κ3) is 3.22. The SMILES string of the molecule is O=C(O)CCc1cc(F)ccc1N1CCCCC1. The average Bonchev–Trinajstić information content (AvgIpc) is 2.37. The minimum Gasteiger partial charge on any atom is -0.481 e. The first kappa shape index (κ1) is 12.9. The maximum Gasteiger partial charge on any atom is 0.303 e. The Morgan fingerprint density at radius 2 is 2.00 bits per heavy atom. The predicted octanol–water partition coefficient (Wildman–Crippen LogP) is 2.83. The third-order valence-corrected chi connectivity index (χ3v) is 3.35. The molecular formula is C14H18FNO2. The van der Waals surface area contributed by atoms with E-state index in [1.54, 1.807) is 6.07 Å². The highest BCUT2D eigenvalue weighted by atomic mass is 19.1. The number of carbonyl (C=O) groups is 1. The van der Waals surface area contributed by atoms with Gasteiger partial charge in [0.05, 0.1) is 0 Å². The number of nitrogens with zero attached hydrogens (tertiary/aromatic N) is 1. The zero-order valence-corrected chi connectivity index (χ0v) is 10.4. The van der Waals surface area contributed by atoms with Crippen molar-refractivity contribution in [1.29, 1.82) is 0 Å². The molecular weight excluding hydrogens is 233 g/mol. The molecule has 3 nitrogen and oxygen atoms in total. The number of carboxylic acid groups (broad SMARTS) is 1. The van der Waals surface area contributed by atoms with E-state index in [9.17, 15) is 9.18 Å². The van der Waals surface area contributed by atoms with Crippen LogP contribution >= 0.6 is 0 Å². The van der Waals surface area contributed by atoms with E-state index in [-0.39, 0.29) is 12.2 Å². The first-order valence-electron chi connectivity index (χ1n) is 6.42. The second-order valence-corrected chi connectivity index (χ2v) is 4.71. The van der Waals surface area contributed by atoms with E-state index in [0.717, 1.165) is 37.2 Å². The van der Waals surface area contributed by atoms with Crippen LogP contribution in [0.15, 0.2) is 18.2 Å². The van der Waals surface area contributed by atoms with Gasteiger partial charge in [-0.25, -0.2) is 4.39 Å². The summed E-state index contributed by atoms with van der Waals surface area (Å²) in [5.41, 5.74) is 1.80. The number of carboxylic acids is 1. The van der Waals surface area contributed by atoms with Gasteiger partial charge < -0.3 is 10.0 Å². The number of piperidine rings is 1. The van der Waals surface area contributed by atoms with Gasteiger partial charge in [-0.3, -0.25) is 4.79 Å². The Labute approximate surface area is 106 Å². The Kier molecular flexibility index (Phi) is 4.18. The van der Waals surface area contributed by atoms with Crippen LogP contribution in [0.4, 0.5) is 10.1 Å². The van der Waals surface area contributed by atoms with E-state index in [1.165, 1.54) is 18.6 Å². The summed E-state index contributed by atoms with van der Waals surface area (Å²) in [7, 11) is 0. The number of aryl methyl sites for hydroxylation is 1. The molecule has 1 saturated heterocycles. The van der Waals surface area contributed by atoms with Crippen molar-refractivity contribution in [2.45, 2.75) is 32.1 Å². The van der Waals surface area contributed by atoms with Gasteiger partial charge in [-0.15, -0.1) is 0 Å². The zero-order valence-electron chi connectivity index (χ0n) is 10.4. The van der Waals surface area contributed by atoms with Gasteiger partial charge >= 0.3 is 5.97 Å². The van der Waals surface area contributed by atoms with Crippen LogP contribution in [0.2, 0.25) is 0 Å².